The lowest BCUT2D eigenvalue weighted by Gasteiger charge is -2.36. The van der Waals surface area contributed by atoms with Gasteiger partial charge in [0.2, 0.25) is 0 Å². The molecule has 1 N–H and O–H groups in total. The highest BCUT2D eigenvalue weighted by molar-refractivity contribution is 5.91. The van der Waals surface area contributed by atoms with Gasteiger partial charge in [-0.3, -0.25) is 14.5 Å². The Morgan fingerprint density at radius 3 is 2.57 bits per heavy atom. The van der Waals surface area contributed by atoms with E-state index in [2.05, 4.69) is 28.7 Å². The fraction of sp³-hybridized carbons (Fsp3) is 0.688. The van der Waals surface area contributed by atoms with E-state index >= 15 is 0 Å². The van der Waals surface area contributed by atoms with Gasteiger partial charge in [0.15, 0.2) is 5.69 Å². The predicted molar refractivity (Wildman–Crippen MR) is 87.7 cm³/mol. The zero-order valence-electron chi connectivity index (χ0n) is 14.5. The molecular formula is C16H26N4O3. The average molecular weight is 322 g/mol. The normalized spacial score (nSPS) is 22.1. The van der Waals surface area contributed by atoms with Gasteiger partial charge in [-0.15, -0.1) is 0 Å². The van der Waals surface area contributed by atoms with Crippen molar-refractivity contribution in [2.24, 2.45) is 0 Å². The first kappa shape index (κ1) is 17.6. The summed E-state index contributed by atoms with van der Waals surface area (Å²) in [4.78, 5) is 35.0. The average Bonchev–Trinajstić information content (AvgIpc) is 2.47. The summed E-state index contributed by atoms with van der Waals surface area (Å²) < 4.78 is 5.70. The minimum atomic E-state index is -0.432. The number of nitrogens with zero attached hydrogens (tertiary/aromatic N) is 3. The van der Waals surface area contributed by atoms with Crippen molar-refractivity contribution in [3.8, 4) is 0 Å². The molecule has 0 aromatic carbocycles. The molecule has 0 unspecified atom stereocenters. The molecule has 1 aliphatic heterocycles. The number of carbonyl (C=O) groups is 1. The van der Waals surface area contributed by atoms with Gasteiger partial charge in [-0.25, -0.2) is 4.98 Å². The Balaban J connectivity index is 1.98. The fourth-order valence-corrected chi connectivity index (χ4v) is 2.81. The molecule has 2 rings (SSSR count). The van der Waals surface area contributed by atoms with E-state index in [0.717, 1.165) is 19.6 Å². The Morgan fingerprint density at radius 1 is 1.35 bits per heavy atom. The molecule has 0 spiro atoms. The Labute approximate surface area is 136 Å². The van der Waals surface area contributed by atoms with Crippen LogP contribution in [0.2, 0.25) is 0 Å². The quantitative estimate of drug-likeness (QED) is 0.877. The third kappa shape index (κ3) is 4.39. The Morgan fingerprint density at radius 2 is 1.96 bits per heavy atom. The van der Waals surface area contributed by atoms with E-state index in [1.54, 1.807) is 25.8 Å². The van der Waals surface area contributed by atoms with Gasteiger partial charge in [-0.2, -0.15) is 0 Å². The summed E-state index contributed by atoms with van der Waals surface area (Å²) in [6.07, 6.45) is 0.396. The molecule has 2 heterocycles. The van der Waals surface area contributed by atoms with Gasteiger partial charge >= 0.3 is 0 Å². The summed E-state index contributed by atoms with van der Waals surface area (Å²) in [7, 11) is 1.70. The van der Waals surface area contributed by atoms with E-state index in [4.69, 9.17) is 4.74 Å². The number of likely N-dealkylation sites (N-methyl/N-ethyl adjacent to an activating group) is 1. The van der Waals surface area contributed by atoms with Crippen molar-refractivity contribution >= 4 is 5.91 Å². The molecule has 1 amide bonds. The van der Waals surface area contributed by atoms with Crippen molar-refractivity contribution in [2.45, 2.75) is 39.9 Å². The molecular weight excluding hydrogens is 296 g/mol. The molecule has 0 radical (unpaired) electrons. The van der Waals surface area contributed by atoms with Gasteiger partial charge in [0, 0.05) is 38.9 Å². The molecule has 2 atom stereocenters. The second-order valence-electron chi connectivity index (χ2n) is 6.37. The molecule has 1 fully saturated rings. The van der Waals surface area contributed by atoms with E-state index < -0.39 is 5.56 Å². The van der Waals surface area contributed by atoms with Crippen LogP contribution in [-0.4, -0.2) is 71.1 Å². The smallest absolute Gasteiger partial charge is 0.279 e. The van der Waals surface area contributed by atoms with E-state index in [0.29, 0.717) is 17.9 Å². The first-order chi connectivity index (χ1) is 10.8. The second kappa shape index (κ2) is 7.23. The van der Waals surface area contributed by atoms with E-state index in [-0.39, 0.29) is 23.8 Å². The predicted octanol–water partition coefficient (Wildman–Crippen LogP) is 0.568. The molecule has 7 nitrogen and oxygen atoms in total. The lowest BCUT2D eigenvalue weighted by Crippen LogP contribution is -2.48. The summed E-state index contributed by atoms with van der Waals surface area (Å²) in [5, 5.41) is 0. The van der Waals surface area contributed by atoms with Gasteiger partial charge < -0.3 is 14.6 Å². The van der Waals surface area contributed by atoms with Crippen LogP contribution in [0.3, 0.4) is 0 Å². The van der Waals surface area contributed by atoms with Gasteiger partial charge in [0.25, 0.3) is 11.5 Å². The molecule has 7 heteroatoms. The standard InChI is InChI=1S/C16H26N4O3/c1-10-8-20(9-11(2)23-10)7-6-19(5)16(22)14-15(21)18-13(4)12(3)17-14/h10-11H,6-9H2,1-5H3,(H,18,21)/t10-,11+. The fourth-order valence-electron chi connectivity index (χ4n) is 2.81. The zero-order valence-corrected chi connectivity index (χ0v) is 14.5. The van der Waals surface area contributed by atoms with E-state index in [9.17, 15) is 9.59 Å². The molecule has 1 saturated heterocycles. The number of rotatable bonds is 4. The summed E-state index contributed by atoms with van der Waals surface area (Å²) in [5.41, 5.74) is 0.876. The minimum absolute atomic E-state index is 0.0423. The van der Waals surface area contributed by atoms with Crippen LogP contribution in [0, 0.1) is 13.8 Å². The summed E-state index contributed by atoms with van der Waals surface area (Å²) >= 11 is 0. The molecule has 1 aromatic rings. The largest absolute Gasteiger partial charge is 0.373 e. The number of amides is 1. The van der Waals surface area contributed by atoms with Crippen LogP contribution in [0.1, 0.15) is 35.7 Å². The minimum Gasteiger partial charge on any atom is -0.373 e. The summed E-state index contributed by atoms with van der Waals surface area (Å²) in [6.45, 7) is 10.7. The number of ether oxygens (including phenoxy) is 1. The monoisotopic (exact) mass is 322 g/mol. The highest BCUT2D eigenvalue weighted by Crippen LogP contribution is 2.10. The van der Waals surface area contributed by atoms with Crippen molar-refractivity contribution in [3.05, 3.63) is 27.4 Å². The topological polar surface area (TPSA) is 78.5 Å². The zero-order chi connectivity index (χ0) is 17.1. The number of nitrogens with one attached hydrogen (secondary N) is 1. The van der Waals surface area contributed by atoms with Crippen LogP contribution < -0.4 is 5.56 Å². The molecule has 23 heavy (non-hydrogen) atoms. The van der Waals surface area contributed by atoms with Crippen molar-refractivity contribution in [2.75, 3.05) is 33.2 Å². The van der Waals surface area contributed by atoms with E-state index in [1.165, 1.54) is 0 Å². The number of aromatic nitrogens is 2. The van der Waals surface area contributed by atoms with E-state index in [1.807, 2.05) is 0 Å². The Kier molecular flexibility index (Phi) is 5.54. The molecule has 0 bridgehead atoms. The number of morpholine rings is 1. The van der Waals surface area contributed by atoms with Crippen LogP contribution in [0.5, 0.6) is 0 Å². The first-order valence-electron chi connectivity index (χ1n) is 7.98. The number of carbonyl (C=O) groups excluding carboxylic acids is 1. The van der Waals surface area contributed by atoms with Crippen LogP contribution in [0.15, 0.2) is 4.79 Å². The Bertz CT molecular complexity index is 618. The SMILES string of the molecule is Cc1nc(C(=O)N(C)CCN2C[C@@H](C)O[C@@H](C)C2)c(=O)[nH]c1C. The molecule has 128 valence electrons. The lowest BCUT2D eigenvalue weighted by atomic mass is 10.2. The number of aryl methyl sites for hydroxylation is 2. The Hall–Kier alpha value is -1.73. The highest BCUT2D eigenvalue weighted by atomic mass is 16.5. The van der Waals surface area contributed by atoms with Crippen LogP contribution in [0.25, 0.3) is 0 Å². The number of H-pyrrole nitrogens is 1. The van der Waals surface area contributed by atoms with Gasteiger partial charge in [-0.1, -0.05) is 0 Å². The molecule has 0 aliphatic carbocycles. The van der Waals surface area contributed by atoms with Gasteiger partial charge in [0.05, 0.1) is 17.9 Å². The second-order valence-corrected chi connectivity index (χ2v) is 6.37. The number of hydrogen-bond acceptors (Lipinski definition) is 5. The van der Waals surface area contributed by atoms with Crippen LogP contribution >= 0.6 is 0 Å². The van der Waals surface area contributed by atoms with Crippen molar-refractivity contribution in [1.29, 1.82) is 0 Å². The molecule has 1 aromatic heterocycles. The third-order valence-corrected chi connectivity index (χ3v) is 4.13. The van der Waals surface area contributed by atoms with Crippen molar-refractivity contribution in [1.82, 2.24) is 19.8 Å². The first-order valence-corrected chi connectivity index (χ1v) is 7.98. The molecule has 0 saturated carbocycles. The van der Waals surface area contributed by atoms with Gasteiger partial charge in [0.1, 0.15) is 0 Å². The highest BCUT2D eigenvalue weighted by Gasteiger charge is 2.23. The number of hydrogen-bond donors (Lipinski definition) is 1. The maximum atomic E-state index is 12.4. The summed E-state index contributed by atoms with van der Waals surface area (Å²) in [5.74, 6) is -0.344. The number of aromatic amines is 1. The van der Waals surface area contributed by atoms with Gasteiger partial charge in [-0.05, 0) is 27.7 Å². The van der Waals surface area contributed by atoms with Crippen LogP contribution in [0.4, 0.5) is 0 Å². The van der Waals surface area contributed by atoms with Crippen LogP contribution in [-0.2, 0) is 4.74 Å². The van der Waals surface area contributed by atoms with Crippen molar-refractivity contribution < 1.29 is 9.53 Å². The van der Waals surface area contributed by atoms with Crippen molar-refractivity contribution in [3.63, 3.8) is 0 Å². The molecule has 1 aliphatic rings. The maximum Gasteiger partial charge on any atom is 0.279 e. The lowest BCUT2D eigenvalue weighted by molar-refractivity contribution is -0.0685. The summed E-state index contributed by atoms with van der Waals surface area (Å²) in [6, 6.07) is 0. The maximum absolute atomic E-state index is 12.4. The third-order valence-electron chi connectivity index (χ3n) is 4.13.